The molecule has 3 aromatic carbocycles. The Kier molecular flexibility index (Phi) is 5.95. The van der Waals surface area contributed by atoms with E-state index in [9.17, 15) is 13.6 Å². The summed E-state index contributed by atoms with van der Waals surface area (Å²) in [7, 11) is 0. The van der Waals surface area contributed by atoms with Gasteiger partial charge in [0.15, 0.2) is 0 Å². The standard InChI is InChI=1S/C27H20F2N6O/c28-19-10-4-5-12-21(19)35-18(13-17-9-6-11-20(29)22(17)27(35)36)14-32-26-23(25(31)33-15-34-26)24(30)16-7-2-1-3-8-16/h1-13,15,30H,14H2,(H3,31,32,33,34). The van der Waals surface area contributed by atoms with Crippen molar-refractivity contribution in [3.05, 3.63) is 124 Å². The van der Waals surface area contributed by atoms with E-state index in [4.69, 9.17) is 11.1 Å². The van der Waals surface area contributed by atoms with Gasteiger partial charge in [0.05, 0.1) is 28.9 Å². The molecular weight excluding hydrogens is 462 g/mol. The van der Waals surface area contributed by atoms with E-state index < -0.39 is 17.2 Å². The van der Waals surface area contributed by atoms with Crippen LogP contribution in [0.15, 0.2) is 90.0 Å². The van der Waals surface area contributed by atoms with Crippen LogP contribution in [0.3, 0.4) is 0 Å². The smallest absolute Gasteiger partial charge is 0.266 e. The zero-order valence-electron chi connectivity index (χ0n) is 18.9. The van der Waals surface area contributed by atoms with Crippen LogP contribution in [0.5, 0.6) is 0 Å². The number of para-hydroxylation sites is 1. The molecule has 0 radical (unpaired) electrons. The normalized spacial score (nSPS) is 10.9. The average Bonchev–Trinajstić information content (AvgIpc) is 2.88. The molecule has 0 amide bonds. The Morgan fingerprint density at radius 3 is 2.44 bits per heavy atom. The third-order valence-corrected chi connectivity index (χ3v) is 5.79. The second-order valence-corrected chi connectivity index (χ2v) is 8.01. The molecule has 0 aliphatic rings. The highest BCUT2D eigenvalue weighted by Crippen LogP contribution is 2.24. The number of aromatic nitrogens is 3. The van der Waals surface area contributed by atoms with Crippen LogP contribution in [0.1, 0.15) is 16.8 Å². The van der Waals surface area contributed by atoms with Crippen LogP contribution in [0.2, 0.25) is 0 Å². The van der Waals surface area contributed by atoms with E-state index in [1.165, 1.54) is 36.7 Å². The van der Waals surface area contributed by atoms with E-state index in [1.54, 1.807) is 42.5 Å². The lowest BCUT2D eigenvalue weighted by Gasteiger charge is -2.18. The van der Waals surface area contributed by atoms with E-state index in [0.29, 0.717) is 16.6 Å². The van der Waals surface area contributed by atoms with Crippen LogP contribution in [0.25, 0.3) is 16.5 Å². The van der Waals surface area contributed by atoms with Gasteiger partial charge in [-0.2, -0.15) is 0 Å². The monoisotopic (exact) mass is 482 g/mol. The second kappa shape index (κ2) is 9.38. The minimum absolute atomic E-state index is 0.00154. The topological polar surface area (TPSA) is 110 Å². The molecule has 0 aliphatic carbocycles. The quantitative estimate of drug-likeness (QED) is 0.305. The Morgan fingerprint density at radius 2 is 1.67 bits per heavy atom. The number of fused-ring (bicyclic) bond motifs is 1. The van der Waals surface area contributed by atoms with Gasteiger partial charge in [-0.05, 0) is 29.7 Å². The van der Waals surface area contributed by atoms with E-state index in [-0.39, 0.29) is 40.5 Å². The van der Waals surface area contributed by atoms with Gasteiger partial charge in [0.2, 0.25) is 0 Å². The van der Waals surface area contributed by atoms with Crippen LogP contribution in [-0.4, -0.2) is 20.2 Å². The van der Waals surface area contributed by atoms with E-state index >= 15 is 0 Å². The number of rotatable bonds is 6. The minimum Gasteiger partial charge on any atom is -0.383 e. The van der Waals surface area contributed by atoms with Crippen LogP contribution >= 0.6 is 0 Å². The van der Waals surface area contributed by atoms with E-state index in [1.807, 2.05) is 6.07 Å². The zero-order valence-corrected chi connectivity index (χ0v) is 18.9. The van der Waals surface area contributed by atoms with Crippen molar-refractivity contribution in [3.8, 4) is 5.69 Å². The fraction of sp³-hybridized carbons (Fsp3) is 0.0370. The average molecular weight is 482 g/mol. The molecule has 0 fully saturated rings. The van der Waals surface area contributed by atoms with Gasteiger partial charge in [-0.3, -0.25) is 14.8 Å². The van der Waals surface area contributed by atoms with Gasteiger partial charge in [0.25, 0.3) is 5.56 Å². The highest BCUT2D eigenvalue weighted by Gasteiger charge is 2.19. The van der Waals surface area contributed by atoms with Gasteiger partial charge in [-0.1, -0.05) is 54.6 Å². The predicted octanol–water partition coefficient (Wildman–Crippen LogP) is 4.67. The Labute approximate surface area is 204 Å². The molecule has 36 heavy (non-hydrogen) atoms. The van der Waals surface area contributed by atoms with Gasteiger partial charge in [-0.15, -0.1) is 0 Å². The summed E-state index contributed by atoms with van der Waals surface area (Å²) >= 11 is 0. The molecule has 0 aliphatic heterocycles. The van der Waals surface area contributed by atoms with Crippen molar-refractivity contribution in [1.82, 2.24) is 14.5 Å². The molecule has 0 unspecified atom stereocenters. The molecule has 0 saturated heterocycles. The number of benzene rings is 3. The maximum atomic E-state index is 14.8. The number of nitrogen functional groups attached to an aromatic ring is 1. The van der Waals surface area contributed by atoms with Crippen LogP contribution in [0, 0.1) is 17.0 Å². The van der Waals surface area contributed by atoms with Crippen LogP contribution in [0.4, 0.5) is 20.4 Å². The summed E-state index contributed by atoms with van der Waals surface area (Å²) < 4.78 is 30.5. The first-order valence-electron chi connectivity index (χ1n) is 11.0. The van der Waals surface area contributed by atoms with Crippen molar-refractivity contribution in [3.63, 3.8) is 0 Å². The highest BCUT2D eigenvalue weighted by molar-refractivity contribution is 6.16. The van der Waals surface area contributed by atoms with Crippen LogP contribution in [-0.2, 0) is 6.54 Å². The van der Waals surface area contributed by atoms with Crippen molar-refractivity contribution < 1.29 is 8.78 Å². The van der Waals surface area contributed by atoms with Gasteiger partial charge >= 0.3 is 0 Å². The van der Waals surface area contributed by atoms with Gasteiger partial charge in [0, 0.05) is 11.3 Å². The summed E-state index contributed by atoms with van der Waals surface area (Å²) in [5.74, 6) is -0.949. The van der Waals surface area contributed by atoms with Crippen molar-refractivity contribution in [2.24, 2.45) is 0 Å². The number of pyridine rings is 1. The SMILES string of the molecule is N=C(c1ccccc1)c1c(N)ncnc1NCc1cc2cccc(F)c2c(=O)n1-c1ccccc1F. The fourth-order valence-corrected chi connectivity index (χ4v) is 4.10. The zero-order chi connectivity index (χ0) is 25.2. The summed E-state index contributed by atoms with van der Waals surface area (Å²) in [4.78, 5) is 21.7. The molecule has 2 heterocycles. The molecule has 2 aromatic heterocycles. The highest BCUT2D eigenvalue weighted by atomic mass is 19.1. The maximum Gasteiger partial charge on any atom is 0.266 e. The molecule has 178 valence electrons. The van der Waals surface area contributed by atoms with Gasteiger partial charge in [0.1, 0.15) is 29.6 Å². The lowest BCUT2D eigenvalue weighted by molar-refractivity contribution is 0.612. The summed E-state index contributed by atoms with van der Waals surface area (Å²) in [6.45, 7) is 0.00154. The molecule has 5 rings (SSSR count). The first-order chi connectivity index (χ1) is 17.5. The molecule has 0 spiro atoms. The molecule has 4 N–H and O–H groups in total. The number of nitrogens with one attached hydrogen (secondary N) is 2. The Balaban J connectivity index is 1.62. The largest absolute Gasteiger partial charge is 0.383 e. The van der Waals surface area contributed by atoms with Crippen molar-refractivity contribution in [2.45, 2.75) is 6.54 Å². The maximum absolute atomic E-state index is 14.8. The Hall–Kier alpha value is -4.92. The summed E-state index contributed by atoms with van der Waals surface area (Å²) in [6.07, 6.45) is 1.26. The third kappa shape index (κ3) is 4.07. The number of nitrogens with zero attached hydrogens (tertiary/aromatic N) is 3. The molecule has 0 saturated carbocycles. The lowest BCUT2D eigenvalue weighted by Crippen LogP contribution is -2.25. The van der Waals surface area contributed by atoms with Gasteiger partial charge < -0.3 is 11.1 Å². The Morgan fingerprint density at radius 1 is 0.944 bits per heavy atom. The van der Waals surface area contributed by atoms with Crippen molar-refractivity contribution in [1.29, 1.82) is 5.41 Å². The van der Waals surface area contributed by atoms with Crippen molar-refractivity contribution in [2.75, 3.05) is 11.1 Å². The second-order valence-electron chi connectivity index (χ2n) is 8.01. The molecule has 9 heteroatoms. The molecule has 5 aromatic rings. The first kappa shape index (κ1) is 22.9. The summed E-state index contributed by atoms with van der Waals surface area (Å²) in [6, 6.07) is 20.7. The first-order valence-corrected chi connectivity index (χ1v) is 11.0. The van der Waals surface area contributed by atoms with E-state index in [0.717, 1.165) is 4.57 Å². The number of halogens is 2. The summed E-state index contributed by atoms with van der Waals surface area (Å²) in [5, 5.41) is 12.0. The number of hydrogen-bond acceptors (Lipinski definition) is 6. The lowest BCUT2D eigenvalue weighted by atomic mass is 10.0. The molecule has 0 atom stereocenters. The Bertz CT molecular complexity index is 1670. The summed E-state index contributed by atoms with van der Waals surface area (Å²) in [5.41, 5.74) is 6.79. The predicted molar refractivity (Wildman–Crippen MR) is 136 cm³/mol. The molecule has 0 bridgehead atoms. The van der Waals surface area contributed by atoms with Crippen LogP contribution < -0.4 is 16.6 Å². The van der Waals surface area contributed by atoms with Gasteiger partial charge in [-0.25, -0.2) is 18.7 Å². The van der Waals surface area contributed by atoms with E-state index in [2.05, 4.69) is 15.3 Å². The fourth-order valence-electron chi connectivity index (χ4n) is 4.10. The number of anilines is 2. The van der Waals surface area contributed by atoms with Crippen molar-refractivity contribution >= 4 is 28.1 Å². The third-order valence-electron chi connectivity index (χ3n) is 5.79. The number of nitrogens with two attached hydrogens (primary N) is 1. The molecular formula is C27H20F2N6O. The number of hydrogen-bond donors (Lipinski definition) is 3. The molecule has 7 nitrogen and oxygen atoms in total. The minimum atomic E-state index is -0.690.